The number of carbonyl (C=O) groups excluding carboxylic acids is 1. The third-order valence-corrected chi connectivity index (χ3v) is 8.67. The second-order valence-corrected chi connectivity index (χ2v) is 12.7. The lowest BCUT2D eigenvalue weighted by Crippen LogP contribution is -2.17. The highest BCUT2D eigenvalue weighted by molar-refractivity contribution is 5.74. The van der Waals surface area contributed by atoms with Crippen molar-refractivity contribution in [3.63, 3.8) is 0 Å². The molecule has 0 unspecified atom stereocenters. The van der Waals surface area contributed by atoms with Gasteiger partial charge in [0, 0.05) is 12.8 Å². The summed E-state index contributed by atoms with van der Waals surface area (Å²) in [6.07, 6.45) is 43.6. The summed E-state index contributed by atoms with van der Waals surface area (Å²) < 4.78 is 0. The van der Waals surface area contributed by atoms with Crippen LogP contribution in [0.25, 0.3) is 0 Å². The summed E-state index contributed by atoms with van der Waals surface area (Å²) in [6, 6.07) is 0. The maximum Gasteiger partial charge on any atom is 0.303 e. The van der Waals surface area contributed by atoms with Gasteiger partial charge in [-0.05, 0) is 12.8 Å². The number of hydrogen-bond acceptors (Lipinski definition) is 3. The maximum atomic E-state index is 10.9. The number of carbonyl (C=O) groups is 2. The molecule has 0 aromatic rings. The van der Waals surface area contributed by atoms with Gasteiger partial charge in [-0.2, -0.15) is 0 Å². The highest BCUT2D eigenvalue weighted by Crippen LogP contribution is 2.17. The van der Waals surface area contributed by atoms with Crippen molar-refractivity contribution in [1.29, 1.82) is 0 Å². The number of unbranched alkanes of at least 4 members (excludes halogenated alkanes) is 31. The van der Waals surface area contributed by atoms with Gasteiger partial charge in [0.05, 0.1) is 0 Å². The fourth-order valence-electron chi connectivity index (χ4n) is 5.92. The Labute approximate surface area is 255 Å². The molecule has 0 radical (unpaired) electrons. The molecule has 0 aliphatic heterocycles. The Morgan fingerprint density at radius 1 is 0.317 bits per heavy atom. The van der Waals surface area contributed by atoms with Crippen molar-refractivity contribution in [3.8, 4) is 0 Å². The van der Waals surface area contributed by atoms with E-state index in [2.05, 4.69) is 0 Å². The van der Waals surface area contributed by atoms with Crippen LogP contribution >= 0.6 is 0 Å². The minimum Gasteiger partial charge on any atom is -0.481 e. The molecule has 3 N–H and O–H groups in total. The first-order valence-corrected chi connectivity index (χ1v) is 18.3. The molecule has 5 heteroatoms. The lowest BCUT2D eigenvalue weighted by atomic mass is 10.0. The number of amides is 1. The Bertz CT molecular complexity index is 540. The van der Waals surface area contributed by atoms with Crippen molar-refractivity contribution in [2.75, 3.05) is 0 Å². The van der Waals surface area contributed by atoms with E-state index >= 15 is 0 Å². The molecule has 0 saturated heterocycles. The van der Waals surface area contributed by atoms with Crippen LogP contribution in [0.3, 0.4) is 0 Å². The average Bonchev–Trinajstić information content (AvgIpc) is 2.97. The van der Waals surface area contributed by atoms with Crippen molar-refractivity contribution in [2.24, 2.45) is 0 Å². The van der Waals surface area contributed by atoms with E-state index in [0.717, 1.165) is 25.7 Å². The van der Waals surface area contributed by atoms with E-state index in [9.17, 15) is 9.59 Å². The van der Waals surface area contributed by atoms with Crippen molar-refractivity contribution < 1.29 is 19.9 Å². The number of nitrogens with one attached hydrogen (secondary N) is 1. The van der Waals surface area contributed by atoms with Crippen molar-refractivity contribution >= 4 is 11.9 Å². The fraction of sp³-hybridized carbons (Fsp3) is 0.944. The Kier molecular flexibility index (Phi) is 34.2. The summed E-state index contributed by atoms with van der Waals surface area (Å²) in [7, 11) is 0. The van der Waals surface area contributed by atoms with Crippen LogP contribution in [-0.2, 0) is 9.59 Å². The zero-order valence-electron chi connectivity index (χ0n) is 27.3. The van der Waals surface area contributed by atoms with Gasteiger partial charge in [-0.3, -0.25) is 14.8 Å². The molecule has 0 rings (SSSR count). The molecule has 0 bridgehead atoms. The van der Waals surface area contributed by atoms with E-state index < -0.39 is 5.97 Å². The molecule has 0 heterocycles. The third-order valence-electron chi connectivity index (χ3n) is 8.67. The van der Waals surface area contributed by atoms with Gasteiger partial charge >= 0.3 is 5.97 Å². The predicted octanol–water partition coefficient (Wildman–Crippen LogP) is 11.8. The quantitative estimate of drug-likeness (QED) is 0.0394. The van der Waals surface area contributed by atoms with Crippen LogP contribution < -0.4 is 5.48 Å². The van der Waals surface area contributed by atoms with Gasteiger partial charge in [0.2, 0.25) is 5.91 Å². The average molecular weight is 582 g/mol. The lowest BCUT2D eigenvalue weighted by Gasteiger charge is -2.05. The third kappa shape index (κ3) is 36.9. The zero-order valence-corrected chi connectivity index (χ0v) is 27.3. The van der Waals surface area contributed by atoms with E-state index in [0.29, 0.717) is 12.8 Å². The topological polar surface area (TPSA) is 86.6 Å². The monoisotopic (exact) mass is 582 g/mol. The summed E-state index contributed by atoms with van der Waals surface area (Å²) in [6.45, 7) is 0. The van der Waals surface area contributed by atoms with Crippen molar-refractivity contribution in [3.05, 3.63) is 0 Å². The van der Waals surface area contributed by atoms with Gasteiger partial charge in [-0.1, -0.05) is 193 Å². The molecule has 0 aliphatic rings. The molecule has 244 valence electrons. The zero-order chi connectivity index (χ0) is 29.9. The van der Waals surface area contributed by atoms with Crippen LogP contribution in [-0.4, -0.2) is 22.2 Å². The van der Waals surface area contributed by atoms with E-state index in [-0.39, 0.29) is 5.91 Å². The highest BCUT2D eigenvalue weighted by Gasteiger charge is 2.00. The van der Waals surface area contributed by atoms with Crippen LogP contribution in [0.2, 0.25) is 0 Å². The Hall–Kier alpha value is -1.10. The fourth-order valence-corrected chi connectivity index (χ4v) is 5.92. The lowest BCUT2D eigenvalue weighted by molar-refractivity contribution is -0.137. The smallest absolute Gasteiger partial charge is 0.303 e. The summed E-state index contributed by atoms with van der Waals surface area (Å²) in [5.74, 6) is -0.915. The minimum atomic E-state index is -0.655. The molecule has 0 aliphatic carbocycles. The Balaban J connectivity index is 3.05. The van der Waals surface area contributed by atoms with Gasteiger partial charge in [-0.15, -0.1) is 0 Å². The van der Waals surface area contributed by atoms with E-state index in [1.54, 1.807) is 5.48 Å². The Morgan fingerprint density at radius 3 is 0.659 bits per heavy atom. The Morgan fingerprint density at radius 2 is 0.488 bits per heavy atom. The maximum absolute atomic E-state index is 10.9. The first-order valence-electron chi connectivity index (χ1n) is 18.3. The molecule has 1 amide bonds. The van der Waals surface area contributed by atoms with E-state index in [1.165, 1.54) is 180 Å². The van der Waals surface area contributed by atoms with Crippen molar-refractivity contribution in [1.82, 2.24) is 5.48 Å². The SMILES string of the molecule is O=C(O)CCCCCCCCCCCCCCCCCCCCCCCCCCCCCCCCCCC(=O)NO. The summed E-state index contributed by atoms with van der Waals surface area (Å²) >= 11 is 0. The van der Waals surface area contributed by atoms with Crippen LogP contribution in [0.15, 0.2) is 0 Å². The molecule has 41 heavy (non-hydrogen) atoms. The number of rotatable bonds is 35. The first kappa shape index (κ1) is 39.9. The van der Waals surface area contributed by atoms with Gasteiger partial charge in [0.25, 0.3) is 0 Å². The normalized spacial score (nSPS) is 11.2. The number of hydroxylamine groups is 1. The second-order valence-electron chi connectivity index (χ2n) is 12.7. The molecule has 0 fully saturated rings. The second kappa shape index (κ2) is 35.1. The van der Waals surface area contributed by atoms with E-state index in [4.69, 9.17) is 10.3 Å². The van der Waals surface area contributed by atoms with Gasteiger partial charge < -0.3 is 5.11 Å². The summed E-state index contributed by atoms with van der Waals surface area (Å²) in [5, 5.41) is 17.1. The largest absolute Gasteiger partial charge is 0.481 e. The molecule has 0 aromatic carbocycles. The van der Waals surface area contributed by atoms with Crippen LogP contribution in [0.1, 0.15) is 218 Å². The van der Waals surface area contributed by atoms with Crippen molar-refractivity contribution in [2.45, 2.75) is 218 Å². The van der Waals surface area contributed by atoms with Gasteiger partial charge in [0.1, 0.15) is 0 Å². The summed E-state index contributed by atoms with van der Waals surface area (Å²) in [4.78, 5) is 21.4. The highest BCUT2D eigenvalue weighted by atomic mass is 16.5. The predicted molar refractivity (Wildman–Crippen MR) is 175 cm³/mol. The molecule has 0 spiro atoms. The number of hydrogen-bond donors (Lipinski definition) is 3. The standard InChI is InChI=1S/C36H71NO4/c38-35(37-41)33-31-29-27-25-23-21-19-17-15-13-11-9-7-5-3-1-2-4-6-8-10-12-14-16-18-20-22-24-26-28-30-32-34-36(39)40/h41H,1-34H2,(H,37,38)(H,39,40). The number of carboxylic acid groups (broad SMARTS) is 1. The number of aliphatic carboxylic acids is 1. The molecular formula is C36H71NO4. The van der Waals surface area contributed by atoms with Gasteiger partial charge in [0.15, 0.2) is 0 Å². The molecule has 0 aromatic heterocycles. The summed E-state index contributed by atoms with van der Waals surface area (Å²) in [5.41, 5.74) is 1.70. The number of carboxylic acids is 1. The molecular weight excluding hydrogens is 510 g/mol. The molecule has 5 nitrogen and oxygen atoms in total. The van der Waals surface area contributed by atoms with Crippen LogP contribution in [0.4, 0.5) is 0 Å². The van der Waals surface area contributed by atoms with Crippen LogP contribution in [0, 0.1) is 0 Å². The van der Waals surface area contributed by atoms with Gasteiger partial charge in [-0.25, -0.2) is 5.48 Å². The minimum absolute atomic E-state index is 0.261. The van der Waals surface area contributed by atoms with E-state index in [1.807, 2.05) is 0 Å². The molecule has 0 atom stereocenters. The molecule has 0 saturated carbocycles. The van der Waals surface area contributed by atoms with Crippen LogP contribution in [0.5, 0.6) is 0 Å². The first-order chi connectivity index (χ1) is 20.2.